The van der Waals surface area contributed by atoms with Crippen molar-refractivity contribution in [3.8, 4) is 0 Å². The fourth-order valence-corrected chi connectivity index (χ4v) is 0.578. The van der Waals surface area contributed by atoms with Crippen LogP contribution in [0.4, 0.5) is 0 Å². The van der Waals surface area contributed by atoms with Gasteiger partial charge in [0.25, 0.3) is 0 Å². The lowest BCUT2D eigenvalue weighted by molar-refractivity contribution is -0.155. The molecule has 0 aromatic carbocycles. The van der Waals surface area contributed by atoms with Crippen LogP contribution < -0.4 is 0 Å². The number of carbonyl (C=O) groups is 1. The van der Waals surface area contributed by atoms with E-state index >= 15 is 0 Å². The SMILES string of the molecule is CCOC(=O)C(C)OCC. The quantitative estimate of drug-likeness (QED) is 0.554. The molecule has 0 aliphatic carbocycles. The molecule has 10 heavy (non-hydrogen) atoms. The molecule has 0 fully saturated rings. The summed E-state index contributed by atoms with van der Waals surface area (Å²) in [6, 6.07) is 0. The minimum Gasteiger partial charge on any atom is -0.464 e. The first-order chi connectivity index (χ1) is 4.72. The number of rotatable bonds is 4. The molecule has 60 valence electrons. The Hall–Kier alpha value is -0.570. The van der Waals surface area contributed by atoms with Crippen LogP contribution in [0.3, 0.4) is 0 Å². The Balaban J connectivity index is 3.49. The summed E-state index contributed by atoms with van der Waals surface area (Å²) in [4.78, 5) is 10.8. The first-order valence-corrected chi connectivity index (χ1v) is 3.50. The largest absolute Gasteiger partial charge is 0.464 e. The smallest absolute Gasteiger partial charge is 0.334 e. The highest BCUT2D eigenvalue weighted by Crippen LogP contribution is 1.93. The van der Waals surface area contributed by atoms with Gasteiger partial charge in [-0.2, -0.15) is 0 Å². The standard InChI is InChI=1S/C7H14O3/c1-4-9-6(3)7(8)10-5-2/h6H,4-5H2,1-3H3. The van der Waals surface area contributed by atoms with Crippen LogP contribution in [-0.2, 0) is 14.3 Å². The highest BCUT2D eigenvalue weighted by atomic mass is 16.6. The minimum atomic E-state index is -0.426. The second kappa shape index (κ2) is 5.23. The first kappa shape index (κ1) is 9.43. The van der Waals surface area contributed by atoms with E-state index in [0.29, 0.717) is 13.2 Å². The second-order valence-electron chi connectivity index (χ2n) is 1.85. The molecule has 0 aromatic heterocycles. The maximum Gasteiger partial charge on any atom is 0.334 e. The van der Waals surface area contributed by atoms with E-state index in [1.807, 2.05) is 6.92 Å². The molecule has 1 atom stereocenters. The average Bonchev–Trinajstić information content (AvgIpc) is 1.89. The van der Waals surface area contributed by atoms with Gasteiger partial charge in [-0.25, -0.2) is 4.79 Å². The summed E-state index contributed by atoms with van der Waals surface area (Å²) in [6.07, 6.45) is -0.426. The van der Waals surface area contributed by atoms with Crippen molar-refractivity contribution in [1.29, 1.82) is 0 Å². The molecule has 0 aliphatic rings. The number of hydrogen-bond acceptors (Lipinski definition) is 3. The molecule has 0 heterocycles. The molecular weight excluding hydrogens is 132 g/mol. The molecule has 0 bridgehead atoms. The van der Waals surface area contributed by atoms with E-state index in [0.717, 1.165) is 0 Å². The lowest BCUT2D eigenvalue weighted by Gasteiger charge is -2.08. The van der Waals surface area contributed by atoms with Crippen LogP contribution in [0, 0.1) is 0 Å². The molecule has 0 saturated carbocycles. The van der Waals surface area contributed by atoms with Crippen molar-refractivity contribution in [2.24, 2.45) is 0 Å². The number of carbonyl (C=O) groups excluding carboxylic acids is 1. The Morgan fingerprint density at radius 2 is 2.00 bits per heavy atom. The molecule has 3 nitrogen and oxygen atoms in total. The maximum absolute atomic E-state index is 10.8. The van der Waals surface area contributed by atoms with E-state index in [9.17, 15) is 4.79 Å². The molecule has 0 saturated heterocycles. The van der Waals surface area contributed by atoms with Crippen molar-refractivity contribution in [3.63, 3.8) is 0 Å². The predicted octanol–water partition coefficient (Wildman–Crippen LogP) is 0.974. The number of esters is 1. The molecule has 3 heteroatoms. The first-order valence-electron chi connectivity index (χ1n) is 3.50. The van der Waals surface area contributed by atoms with Gasteiger partial charge in [0.1, 0.15) is 0 Å². The van der Waals surface area contributed by atoms with E-state index in [4.69, 9.17) is 9.47 Å². The fraction of sp³-hybridized carbons (Fsp3) is 0.857. The third-order valence-corrected chi connectivity index (χ3v) is 1.04. The van der Waals surface area contributed by atoms with Gasteiger partial charge in [-0.15, -0.1) is 0 Å². The van der Waals surface area contributed by atoms with Crippen molar-refractivity contribution in [2.45, 2.75) is 26.9 Å². The number of ether oxygens (including phenoxy) is 2. The van der Waals surface area contributed by atoms with Gasteiger partial charge in [0.05, 0.1) is 6.61 Å². The zero-order valence-corrected chi connectivity index (χ0v) is 6.72. The summed E-state index contributed by atoms with van der Waals surface area (Å²) in [5.74, 6) is -0.288. The van der Waals surface area contributed by atoms with Crippen LogP contribution in [0.2, 0.25) is 0 Å². The van der Waals surface area contributed by atoms with E-state index in [2.05, 4.69) is 0 Å². The predicted molar refractivity (Wildman–Crippen MR) is 37.7 cm³/mol. The van der Waals surface area contributed by atoms with Crippen molar-refractivity contribution in [3.05, 3.63) is 0 Å². The normalized spacial score (nSPS) is 12.7. The summed E-state index contributed by atoms with van der Waals surface area (Å²) >= 11 is 0. The molecule has 0 aliphatic heterocycles. The van der Waals surface area contributed by atoms with Crippen LogP contribution in [0.5, 0.6) is 0 Å². The lowest BCUT2D eigenvalue weighted by Crippen LogP contribution is -2.23. The molecule has 0 N–H and O–H groups in total. The third kappa shape index (κ3) is 3.45. The summed E-state index contributed by atoms with van der Waals surface area (Å²) in [5.41, 5.74) is 0. The number of hydrogen-bond donors (Lipinski definition) is 0. The van der Waals surface area contributed by atoms with Gasteiger partial charge < -0.3 is 9.47 Å². The van der Waals surface area contributed by atoms with Crippen LogP contribution in [0.1, 0.15) is 20.8 Å². The van der Waals surface area contributed by atoms with Gasteiger partial charge in [0.15, 0.2) is 6.10 Å². The Morgan fingerprint density at radius 1 is 1.40 bits per heavy atom. The van der Waals surface area contributed by atoms with Crippen LogP contribution in [0.25, 0.3) is 0 Å². The molecule has 1 unspecified atom stereocenters. The highest BCUT2D eigenvalue weighted by Gasteiger charge is 2.12. The molecule has 0 radical (unpaired) electrons. The van der Waals surface area contributed by atoms with E-state index in [1.165, 1.54) is 0 Å². The van der Waals surface area contributed by atoms with Gasteiger partial charge in [0, 0.05) is 6.61 Å². The lowest BCUT2D eigenvalue weighted by atomic mass is 10.4. The van der Waals surface area contributed by atoms with Gasteiger partial charge in [-0.3, -0.25) is 0 Å². The van der Waals surface area contributed by atoms with Gasteiger partial charge >= 0.3 is 5.97 Å². The van der Waals surface area contributed by atoms with Crippen LogP contribution in [0.15, 0.2) is 0 Å². The van der Waals surface area contributed by atoms with Crippen molar-refractivity contribution >= 4 is 5.97 Å². The molecule has 0 rings (SSSR count). The molecule has 0 spiro atoms. The van der Waals surface area contributed by atoms with E-state index < -0.39 is 6.10 Å². The Labute approximate surface area is 61.3 Å². The summed E-state index contributed by atoms with van der Waals surface area (Å²) in [6.45, 7) is 6.25. The fourth-order valence-electron chi connectivity index (χ4n) is 0.578. The van der Waals surface area contributed by atoms with E-state index in [-0.39, 0.29) is 5.97 Å². The van der Waals surface area contributed by atoms with E-state index in [1.54, 1.807) is 13.8 Å². The minimum absolute atomic E-state index is 0.288. The maximum atomic E-state index is 10.8. The molecule has 0 aromatic rings. The van der Waals surface area contributed by atoms with Crippen molar-refractivity contribution in [2.75, 3.05) is 13.2 Å². The summed E-state index contributed by atoms with van der Waals surface area (Å²) in [7, 11) is 0. The monoisotopic (exact) mass is 146 g/mol. The third-order valence-electron chi connectivity index (χ3n) is 1.04. The zero-order chi connectivity index (χ0) is 7.98. The topological polar surface area (TPSA) is 35.5 Å². The Kier molecular flexibility index (Phi) is 4.94. The second-order valence-corrected chi connectivity index (χ2v) is 1.85. The Bertz CT molecular complexity index is 101. The van der Waals surface area contributed by atoms with Gasteiger partial charge in [0.2, 0.25) is 0 Å². The molecular formula is C7H14O3. The van der Waals surface area contributed by atoms with Crippen LogP contribution in [-0.4, -0.2) is 25.3 Å². The van der Waals surface area contributed by atoms with Crippen LogP contribution >= 0.6 is 0 Å². The average molecular weight is 146 g/mol. The highest BCUT2D eigenvalue weighted by molar-refractivity contribution is 5.74. The van der Waals surface area contributed by atoms with Crippen molar-refractivity contribution in [1.82, 2.24) is 0 Å². The molecule has 0 amide bonds. The summed E-state index contributed by atoms with van der Waals surface area (Å²) in [5, 5.41) is 0. The Morgan fingerprint density at radius 3 is 2.40 bits per heavy atom. The summed E-state index contributed by atoms with van der Waals surface area (Å²) < 4.78 is 9.67. The van der Waals surface area contributed by atoms with Gasteiger partial charge in [-0.1, -0.05) is 0 Å². The zero-order valence-electron chi connectivity index (χ0n) is 6.72. The van der Waals surface area contributed by atoms with Crippen molar-refractivity contribution < 1.29 is 14.3 Å². The van der Waals surface area contributed by atoms with Gasteiger partial charge in [-0.05, 0) is 20.8 Å².